The fourth-order valence-corrected chi connectivity index (χ4v) is 4.06. The molecule has 0 saturated carbocycles. The Morgan fingerprint density at radius 1 is 1.03 bits per heavy atom. The molecule has 1 unspecified atom stereocenters. The highest BCUT2D eigenvalue weighted by atomic mass is 16.3. The van der Waals surface area contributed by atoms with Crippen molar-refractivity contribution in [2.24, 2.45) is 0 Å². The Balaban J connectivity index is 1.37. The predicted octanol–water partition coefficient (Wildman–Crippen LogP) is 2.27. The van der Waals surface area contributed by atoms with Crippen LogP contribution >= 0.6 is 0 Å². The molecule has 9 heteroatoms. The summed E-state index contributed by atoms with van der Waals surface area (Å²) in [5.41, 5.74) is 5.54. The van der Waals surface area contributed by atoms with Gasteiger partial charge in [-0.15, -0.1) is 10.2 Å². The van der Waals surface area contributed by atoms with Crippen LogP contribution in [0.4, 0.5) is 0 Å². The number of tetrazole rings is 1. The molecule has 1 atom stereocenters. The zero-order valence-corrected chi connectivity index (χ0v) is 16.7. The van der Waals surface area contributed by atoms with Gasteiger partial charge in [0.15, 0.2) is 0 Å². The molecule has 1 aliphatic rings. The summed E-state index contributed by atoms with van der Waals surface area (Å²) in [6.07, 6.45) is 0.399. The molecular formula is C22H21N7O2. The van der Waals surface area contributed by atoms with E-state index in [2.05, 4.69) is 30.8 Å². The van der Waals surface area contributed by atoms with Crippen molar-refractivity contribution in [2.75, 3.05) is 6.61 Å². The third kappa shape index (κ3) is 3.59. The standard InChI is InChI=1S/C22H21N7O2/c30-11-10-17(14-4-2-1-3-5-14)22(31)29-12-18-19(13-29)23-24-20(18)15-6-8-16(9-7-15)21-25-27-28-26-21/h1-9,17,30H,10-13H2,(H,23,24)(H,25,26,27,28). The van der Waals surface area contributed by atoms with Crippen LogP contribution in [0.5, 0.6) is 0 Å². The Hall–Kier alpha value is -3.85. The summed E-state index contributed by atoms with van der Waals surface area (Å²) in [4.78, 5) is 15.1. The number of hydrogen-bond donors (Lipinski definition) is 3. The normalized spacial score (nSPS) is 13.9. The molecular weight excluding hydrogens is 394 g/mol. The molecule has 0 saturated heterocycles. The molecule has 31 heavy (non-hydrogen) atoms. The fraction of sp³-hybridized carbons (Fsp3) is 0.227. The number of aromatic amines is 2. The Kier molecular flexibility index (Phi) is 5.01. The van der Waals surface area contributed by atoms with E-state index in [-0.39, 0.29) is 18.4 Å². The second-order valence-electron chi connectivity index (χ2n) is 7.51. The first-order valence-electron chi connectivity index (χ1n) is 10.1. The summed E-state index contributed by atoms with van der Waals surface area (Å²) in [6, 6.07) is 17.4. The van der Waals surface area contributed by atoms with Gasteiger partial charge in [0.25, 0.3) is 0 Å². The number of rotatable bonds is 6. The first-order chi connectivity index (χ1) is 15.2. The molecule has 0 spiro atoms. The summed E-state index contributed by atoms with van der Waals surface area (Å²) < 4.78 is 0. The third-order valence-corrected chi connectivity index (χ3v) is 5.64. The third-order valence-electron chi connectivity index (χ3n) is 5.64. The van der Waals surface area contributed by atoms with Crippen molar-refractivity contribution in [3.05, 3.63) is 71.4 Å². The lowest BCUT2D eigenvalue weighted by Gasteiger charge is -2.23. The number of fused-ring (bicyclic) bond motifs is 1. The van der Waals surface area contributed by atoms with E-state index >= 15 is 0 Å². The summed E-state index contributed by atoms with van der Waals surface area (Å²) in [5.74, 6) is 0.190. The minimum Gasteiger partial charge on any atom is -0.396 e. The van der Waals surface area contributed by atoms with Crippen LogP contribution in [0.25, 0.3) is 22.6 Å². The Labute approximate surface area is 178 Å². The molecule has 156 valence electrons. The zero-order valence-electron chi connectivity index (χ0n) is 16.7. The maximum Gasteiger partial charge on any atom is 0.230 e. The molecule has 0 radical (unpaired) electrons. The molecule has 0 fully saturated rings. The van der Waals surface area contributed by atoms with Gasteiger partial charge in [-0.2, -0.15) is 10.3 Å². The highest BCUT2D eigenvalue weighted by molar-refractivity contribution is 5.84. The van der Waals surface area contributed by atoms with Crippen LogP contribution in [-0.2, 0) is 17.9 Å². The van der Waals surface area contributed by atoms with Crippen LogP contribution in [0.2, 0.25) is 0 Å². The summed E-state index contributed by atoms with van der Waals surface area (Å²) >= 11 is 0. The number of hydrogen-bond acceptors (Lipinski definition) is 6. The van der Waals surface area contributed by atoms with E-state index < -0.39 is 0 Å². The van der Waals surface area contributed by atoms with E-state index in [4.69, 9.17) is 0 Å². The number of benzene rings is 2. The molecule has 3 heterocycles. The van der Waals surface area contributed by atoms with E-state index in [0.29, 0.717) is 25.3 Å². The number of nitrogens with one attached hydrogen (secondary N) is 2. The summed E-state index contributed by atoms with van der Waals surface area (Å²) in [6.45, 7) is 0.933. The lowest BCUT2D eigenvalue weighted by Crippen LogP contribution is -2.31. The van der Waals surface area contributed by atoms with Crippen molar-refractivity contribution in [1.82, 2.24) is 35.7 Å². The number of aliphatic hydroxyl groups is 1. The molecule has 4 aromatic rings. The van der Waals surface area contributed by atoms with Crippen LogP contribution in [0.1, 0.15) is 29.2 Å². The van der Waals surface area contributed by atoms with Gasteiger partial charge in [-0.3, -0.25) is 9.89 Å². The maximum atomic E-state index is 13.3. The van der Waals surface area contributed by atoms with Crippen LogP contribution in [0.15, 0.2) is 54.6 Å². The van der Waals surface area contributed by atoms with Gasteiger partial charge in [-0.1, -0.05) is 54.6 Å². The minimum absolute atomic E-state index is 0.0169. The minimum atomic E-state index is -0.360. The molecule has 5 rings (SSSR count). The van der Waals surface area contributed by atoms with Crippen LogP contribution in [-0.4, -0.2) is 53.3 Å². The van der Waals surface area contributed by atoms with Crippen molar-refractivity contribution in [1.29, 1.82) is 0 Å². The predicted molar refractivity (Wildman–Crippen MR) is 112 cm³/mol. The van der Waals surface area contributed by atoms with Gasteiger partial charge in [0.2, 0.25) is 11.7 Å². The summed E-state index contributed by atoms with van der Waals surface area (Å²) in [7, 11) is 0. The van der Waals surface area contributed by atoms with E-state index in [1.807, 2.05) is 59.5 Å². The monoisotopic (exact) mass is 415 g/mol. The van der Waals surface area contributed by atoms with Crippen LogP contribution in [0, 0.1) is 0 Å². The molecule has 1 amide bonds. The topological polar surface area (TPSA) is 124 Å². The molecule has 2 aromatic heterocycles. The zero-order chi connectivity index (χ0) is 21.2. The smallest absolute Gasteiger partial charge is 0.230 e. The van der Waals surface area contributed by atoms with Crippen LogP contribution < -0.4 is 0 Å². The average molecular weight is 415 g/mol. The quantitative estimate of drug-likeness (QED) is 0.444. The van der Waals surface area contributed by atoms with Gasteiger partial charge in [0.05, 0.1) is 30.4 Å². The second-order valence-corrected chi connectivity index (χ2v) is 7.51. The maximum absolute atomic E-state index is 13.3. The first kappa shape index (κ1) is 19.1. The summed E-state index contributed by atoms with van der Waals surface area (Å²) in [5, 5.41) is 31.1. The van der Waals surface area contributed by atoms with Gasteiger partial charge >= 0.3 is 0 Å². The fourth-order valence-electron chi connectivity index (χ4n) is 4.06. The average Bonchev–Trinajstić information content (AvgIpc) is 3.55. The van der Waals surface area contributed by atoms with E-state index in [1.54, 1.807) is 0 Å². The van der Waals surface area contributed by atoms with Crippen LogP contribution in [0.3, 0.4) is 0 Å². The SMILES string of the molecule is O=C(C(CCO)c1ccccc1)N1Cc2[nH]nc(-c3ccc(-c4nn[nH]n4)cc3)c2C1. The number of nitrogens with zero attached hydrogens (tertiary/aromatic N) is 5. The van der Waals surface area contributed by atoms with Gasteiger partial charge in [0.1, 0.15) is 0 Å². The van der Waals surface area contributed by atoms with E-state index in [0.717, 1.165) is 33.6 Å². The number of carbonyl (C=O) groups is 1. The first-order valence-corrected chi connectivity index (χ1v) is 10.1. The van der Waals surface area contributed by atoms with Crippen molar-refractivity contribution in [2.45, 2.75) is 25.4 Å². The van der Waals surface area contributed by atoms with Crippen molar-refractivity contribution in [3.63, 3.8) is 0 Å². The number of aliphatic hydroxyl groups excluding tert-OH is 1. The van der Waals surface area contributed by atoms with Gasteiger partial charge in [-0.25, -0.2) is 0 Å². The molecule has 0 bridgehead atoms. The number of H-pyrrole nitrogens is 2. The van der Waals surface area contributed by atoms with Gasteiger partial charge in [0, 0.05) is 23.3 Å². The van der Waals surface area contributed by atoms with Gasteiger partial charge in [-0.05, 0) is 17.2 Å². The largest absolute Gasteiger partial charge is 0.396 e. The Bertz CT molecular complexity index is 1170. The van der Waals surface area contributed by atoms with E-state index in [9.17, 15) is 9.90 Å². The molecule has 2 aromatic carbocycles. The second kappa shape index (κ2) is 8.11. The molecule has 0 aliphatic carbocycles. The van der Waals surface area contributed by atoms with E-state index in [1.165, 1.54) is 0 Å². The highest BCUT2D eigenvalue weighted by Crippen LogP contribution is 2.34. The number of carbonyl (C=O) groups excluding carboxylic acids is 1. The lowest BCUT2D eigenvalue weighted by molar-refractivity contribution is -0.133. The number of amides is 1. The van der Waals surface area contributed by atoms with Crippen molar-refractivity contribution < 1.29 is 9.90 Å². The molecule has 1 aliphatic heterocycles. The molecule has 3 N–H and O–H groups in total. The Morgan fingerprint density at radius 2 is 1.81 bits per heavy atom. The van der Waals surface area contributed by atoms with Crippen molar-refractivity contribution >= 4 is 5.91 Å². The lowest BCUT2D eigenvalue weighted by atomic mass is 9.94. The van der Waals surface area contributed by atoms with Gasteiger partial charge < -0.3 is 10.0 Å². The number of aromatic nitrogens is 6. The molecule has 9 nitrogen and oxygen atoms in total. The van der Waals surface area contributed by atoms with Crippen molar-refractivity contribution in [3.8, 4) is 22.6 Å². The highest BCUT2D eigenvalue weighted by Gasteiger charge is 2.32. The Morgan fingerprint density at radius 3 is 2.52 bits per heavy atom.